The van der Waals surface area contributed by atoms with Crippen LogP contribution >= 0.6 is 0 Å². The van der Waals surface area contributed by atoms with E-state index in [2.05, 4.69) is 300 Å². The van der Waals surface area contributed by atoms with Crippen molar-refractivity contribution in [2.75, 3.05) is 0 Å². The highest BCUT2D eigenvalue weighted by atomic mass is 15.1. The average molecular weight is 1020 g/mol. The molecule has 4 nitrogen and oxygen atoms in total. The highest BCUT2D eigenvalue weighted by Gasteiger charge is 2.30. The normalized spacial score (nSPS) is 11.5. The molecule has 15 aromatic rings. The second kappa shape index (κ2) is 19.7. The summed E-state index contributed by atoms with van der Waals surface area (Å²) >= 11 is 0. The maximum Gasteiger partial charge on any atom is 0.163 e. The minimum atomic E-state index is 0.810. The first kappa shape index (κ1) is 46.6. The molecular formula is C76H50N4. The van der Waals surface area contributed by atoms with Crippen LogP contribution in [0.4, 0.5) is 0 Å². The van der Waals surface area contributed by atoms with Gasteiger partial charge in [-0.1, -0.05) is 237 Å². The van der Waals surface area contributed by atoms with Gasteiger partial charge in [0.25, 0.3) is 0 Å². The second-order valence-electron chi connectivity index (χ2n) is 20.5. The fraction of sp³-hybridized carbons (Fsp3) is 0. The summed E-state index contributed by atoms with van der Waals surface area (Å²) in [5.74, 6) is 0.810. The summed E-state index contributed by atoms with van der Waals surface area (Å²) in [6.07, 6.45) is 1.86. The zero-order valence-corrected chi connectivity index (χ0v) is 43.7. The maximum absolute atomic E-state index is 6.21. The van der Waals surface area contributed by atoms with Crippen LogP contribution in [0.3, 0.4) is 0 Å². The van der Waals surface area contributed by atoms with Crippen molar-refractivity contribution in [1.29, 1.82) is 0 Å². The lowest BCUT2D eigenvalue weighted by atomic mass is 9.88. The smallest absolute Gasteiger partial charge is 0.163 e. The van der Waals surface area contributed by atoms with Crippen LogP contribution in [0.5, 0.6) is 0 Å². The van der Waals surface area contributed by atoms with Crippen LogP contribution in [-0.2, 0) is 0 Å². The van der Waals surface area contributed by atoms with Gasteiger partial charge in [0.15, 0.2) is 5.82 Å². The summed E-state index contributed by atoms with van der Waals surface area (Å²) in [7, 11) is 0. The summed E-state index contributed by atoms with van der Waals surface area (Å²) in [4.78, 5) is 11.0. The van der Waals surface area contributed by atoms with Crippen molar-refractivity contribution >= 4 is 43.6 Å². The molecule has 4 aromatic heterocycles. The predicted octanol–water partition coefficient (Wildman–Crippen LogP) is 20.0. The Morgan fingerprint density at radius 1 is 0.237 bits per heavy atom. The first-order chi connectivity index (χ1) is 39.7. The van der Waals surface area contributed by atoms with E-state index in [0.29, 0.717) is 0 Å². The van der Waals surface area contributed by atoms with Crippen LogP contribution in [0.15, 0.2) is 303 Å². The van der Waals surface area contributed by atoms with Gasteiger partial charge in [0.1, 0.15) is 0 Å². The number of nitrogens with zero attached hydrogens (tertiary/aromatic N) is 4. The molecule has 0 spiro atoms. The Balaban J connectivity index is 1.15. The molecule has 15 rings (SSSR count). The van der Waals surface area contributed by atoms with Gasteiger partial charge >= 0.3 is 0 Å². The average Bonchev–Trinajstić information content (AvgIpc) is 4.20. The van der Waals surface area contributed by atoms with E-state index in [0.717, 1.165) is 122 Å². The molecule has 0 radical (unpaired) electrons. The van der Waals surface area contributed by atoms with Crippen LogP contribution in [-0.4, -0.2) is 19.1 Å². The van der Waals surface area contributed by atoms with Gasteiger partial charge in [-0.25, -0.2) is 4.98 Å². The Morgan fingerprint density at radius 2 is 0.562 bits per heavy atom. The lowest BCUT2D eigenvalue weighted by molar-refractivity contribution is 1.03. The van der Waals surface area contributed by atoms with Gasteiger partial charge in [-0.2, -0.15) is 0 Å². The van der Waals surface area contributed by atoms with E-state index in [9.17, 15) is 0 Å². The topological polar surface area (TPSA) is 35.6 Å². The fourth-order valence-corrected chi connectivity index (χ4v) is 12.0. The maximum atomic E-state index is 6.21. The lowest BCUT2D eigenvalue weighted by Crippen LogP contribution is -2.11. The Bertz CT molecular complexity index is 4550. The standard InChI is InChI=1S/C76H50N4/c1-7-21-51(22-8-1)59-38-42-68-63(47-59)64-48-60(52-23-9-2-10-24-52)39-43-69(64)79(68)75-73(57-36-34-55(35-37-57)67-33-19-20-46-77-67)72(56-29-15-5-16-30-56)74(58-31-17-6-18-32-58)78-76(75)80-70-44-40-61(53-25-11-3-12-26-53)49-65(70)66-50-62(41-45-71(66)80)54-27-13-4-14-28-54/h1-50H. The van der Waals surface area contributed by atoms with Gasteiger partial charge in [0.05, 0.1) is 39.1 Å². The highest BCUT2D eigenvalue weighted by molar-refractivity contribution is 6.15. The minimum absolute atomic E-state index is 0.810. The molecule has 0 saturated carbocycles. The molecule has 80 heavy (non-hydrogen) atoms. The highest BCUT2D eigenvalue weighted by Crippen LogP contribution is 2.50. The van der Waals surface area contributed by atoms with Crippen molar-refractivity contribution in [3.8, 4) is 101 Å². The quantitative estimate of drug-likeness (QED) is 0.137. The zero-order valence-electron chi connectivity index (χ0n) is 43.7. The van der Waals surface area contributed by atoms with Crippen molar-refractivity contribution in [2.24, 2.45) is 0 Å². The van der Waals surface area contributed by atoms with E-state index < -0.39 is 0 Å². The summed E-state index contributed by atoms with van der Waals surface area (Å²) in [5, 5.41) is 4.59. The molecule has 0 N–H and O–H groups in total. The van der Waals surface area contributed by atoms with Gasteiger partial charge in [0.2, 0.25) is 0 Å². The molecule has 0 bridgehead atoms. The van der Waals surface area contributed by atoms with Gasteiger partial charge in [-0.05, 0) is 116 Å². The molecule has 0 unspecified atom stereocenters. The van der Waals surface area contributed by atoms with Crippen molar-refractivity contribution in [3.05, 3.63) is 303 Å². The van der Waals surface area contributed by atoms with Crippen molar-refractivity contribution < 1.29 is 0 Å². The second-order valence-corrected chi connectivity index (χ2v) is 20.5. The molecule has 0 fully saturated rings. The van der Waals surface area contributed by atoms with Crippen LogP contribution in [0.25, 0.3) is 144 Å². The molecule has 4 heteroatoms. The van der Waals surface area contributed by atoms with Crippen LogP contribution in [0.2, 0.25) is 0 Å². The molecule has 374 valence electrons. The number of hydrogen-bond acceptors (Lipinski definition) is 2. The van der Waals surface area contributed by atoms with E-state index in [-0.39, 0.29) is 0 Å². The number of benzene rings is 11. The Kier molecular flexibility index (Phi) is 11.5. The van der Waals surface area contributed by atoms with E-state index in [1.54, 1.807) is 0 Å². The van der Waals surface area contributed by atoms with Crippen LogP contribution < -0.4 is 0 Å². The van der Waals surface area contributed by atoms with E-state index in [1.807, 2.05) is 12.3 Å². The number of pyridine rings is 2. The third kappa shape index (κ3) is 8.09. The van der Waals surface area contributed by atoms with Gasteiger partial charge in [0, 0.05) is 50.0 Å². The number of hydrogen-bond donors (Lipinski definition) is 0. The number of aromatic nitrogens is 4. The Morgan fingerprint density at radius 3 is 0.950 bits per heavy atom. The van der Waals surface area contributed by atoms with E-state index in [4.69, 9.17) is 9.97 Å². The largest absolute Gasteiger partial charge is 0.305 e. The Hall–Kier alpha value is -10.7. The molecule has 0 amide bonds. The van der Waals surface area contributed by atoms with Crippen molar-refractivity contribution in [2.45, 2.75) is 0 Å². The van der Waals surface area contributed by atoms with E-state index in [1.165, 1.54) is 22.3 Å². The third-order valence-electron chi connectivity index (χ3n) is 15.8. The molecular weight excluding hydrogens is 969 g/mol. The molecule has 0 atom stereocenters. The Labute approximate surface area is 464 Å². The molecule has 11 aromatic carbocycles. The lowest BCUT2D eigenvalue weighted by Gasteiger charge is -2.25. The van der Waals surface area contributed by atoms with Gasteiger partial charge in [-0.15, -0.1) is 0 Å². The molecule has 4 heterocycles. The monoisotopic (exact) mass is 1020 g/mol. The van der Waals surface area contributed by atoms with Crippen LogP contribution in [0, 0.1) is 0 Å². The summed E-state index contributed by atoms with van der Waals surface area (Å²) in [5.41, 5.74) is 22.6. The van der Waals surface area contributed by atoms with E-state index >= 15 is 0 Å². The summed E-state index contributed by atoms with van der Waals surface area (Å²) < 4.78 is 4.97. The molecule has 0 aliphatic carbocycles. The molecule has 0 saturated heterocycles. The molecule has 0 aliphatic heterocycles. The van der Waals surface area contributed by atoms with Crippen LogP contribution in [0.1, 0.15) is 0 Å². The first-order valence-corrected chi connectivity index (χ1v) is 27.3. The first-order valence-electron chi connectivity index (χ1n) is 27.3. The number of fused-ring (bicyclic) bond motifs is 6. The van der Waals surface area contributed by atoms with Crippen molar-refractivity contribution in [3.63, 3.8) is 0 Å². The van der Waals surface area contributed by atoms with Gasteiger partial charge in [-0.3, -0.25) is 9.55 Å². The zero-order chi connectivity index (χ0) is 52.9. The predicted molar refractivity (Wildman–Crippen MR) is 334 cm³/mol. The van der Waals surface area contributed by atoms with Crippen molar-refractivity contribution in [1.82, 2.24) is 19.1 Å². The third-order valence-corrected chi connectivity index (χ3v) is 15.8. The summed E-state index contributed by atoms with van der Waals surface area (Å²) in [6, 6.07) is 108. The SMILES string of the molecule is c1ccc(-c2ccc3c(c2)c2cc(-c4ccccc4)ccc2n3-c2nc(-c3ccccc3)c(-c3ccccc3)c(-c3ccc(-c4ccccn4)cc3)c2-n2c3ccc(-c4ccccc4)cc3c3cc(-c4ccccc4)ccc32)cc1. The fourth-order valence-electron chi connectivity index (χ4n) is 12.0. The summed E-state index contributed by atoms with van der Waals surface area (Å²) in [6.45, 7) is 0. The number of rotatable bonds is 10. The van der Waals surface area contributed by atoms with Gasteiger partial charge < -0.3 is 4.57 Å². The minimum Gasteiger partial charge on any atom is -0.305 e. The molecule has 0 aliphatic rings.